The lowest BCUT2D eigenvalue weighted by Gasteiger charge is -2.44. The van der Waals surface area contributed by atoms with Crippen molar-refractivity contribution in [3.05, 3.63) is 48.0 Å². The molecule has 30 heavy (non-hydrogen) atoms. The van der Waals surface area contributed by atoms with Gasteiger partial charge in [-0.1, -0.05) is 90.9 Å². The van der Waals surface area contributed by atoms with Gasteiger partial charge in [-0.05, 0) is 39.9 Å². The van der Waals surface area contributed by atoms with Gasteiger partial charge in [-0.2, -0.15) is 0 Å². The number of carbonyl (C=O) groups is 1. The zero-order valence-electron chi connectivity index (χ0n) is 20.0. The molecule has 3 atom stereocenters. The third-order valence-electron chi connectivity index (χ3n) is 6.72. The average molecular weight is 429 g/mol. The van der Waals surface area contributed by atoms with Crippen LogP contribution in [-0.4, -0.2) is 25.3 Å². The van der Waals surface area contributed by atoms with E-state index in [1.165, 1.54) is 0 Å². The Morgan fingerprint density at radius 2 is 1.40 bits per heavy atom. The first kappa shape index (κ1) is 24.8. The molecule has 2 rings (SSSR count). The minimum absolute atomic E-state index is 0.0575. The summed E-state index contributed by atoms with van der Waals surface area (Å²) < 4.78 is 6.74. The Labute approximate surface area is 184 Å². The van der Waals surface area contributed by atoms with Crippen LogP contribution >= 0.6 is 0 Å². The Balaban J connectivity index is 2.16. The molecule has 0 saturated heterocycles. The van der Waals surface area contributed by atoms with Crippen molar-refractivity contribution < 1.29 is 14.3 Å². The lowest BCUT2D eigenvalue weighted by atomic mass is 9.89. The van der Waals surface area contributed by atoms with E-state index >= 15 is 0 Å². The molecule has 1 N–H and O–H groups in total. The predicted octanol–water partition coefficient (Wildman–Crippen LogP) is 7.05. The second-order valence-electron chi connectivity index (χ2n) is 9.72. The number of benzene rings is 2. The first-order valence-electron chi connectivity index (χ1n) is 11.4. The van der Waals surface area contributed by atoms with Crippen molar-refractivity contribution in [2.75, 3.05) is 0 Å². The van der Waals surface area contributed by atoms with Gasteiger partial charge in [0, 0.05) is 18.4 Å². The van der Waals surface area contributed by atoms with Crippen LogP contribution in [0, 0.1) is 5.92 Å². The topological polar surface area (TPSA) is 46.5 Å². The minimum atomic E-state index is -2.03. The summed E-state index contributed by atoms with van der Waals surface area (Å²) in [5.41, 5.74) is 2.26. The molecule has 0 heterocycles. The van der Waals surface area contributed by atoms with Gasteiger partial charge in [-0.15, -0.1) is 0 Å². The molecule has 0 radical (unpaired) electrons. The lowest BCUT2D eigenvalue weighted by Crippen LogP contribution is -2.50. The summed E-state index contributed by atoms with van der Waals surface area (Å²) in [5.74, 6) is -0.419. The fourth-order valence-electron chi connectivity index (χ4n) is 5.22. The molecule has 0 aliphatic heterocycles. The molecule has 0 saturated carbocycles. The summed E-state index contributed by atoms with van der Waals surface area (Å²) >= 11 is 0. The highest BCUT2D eigenvalue weighted by molar-refractivity contribution is 6.77. The van der Waals surface area contributed by atoms with Gasteiger partial charge in [0.05, 0.1) is 6.10 Å². The molecule has 2 aromatic carbocycles. The minimum Gasteiger partial charge on any atom is -0.413 e. The maximum atomic E-state index is 13.1. The fraction of sp³-hybridized carbons (Fsp3) is 0.577. The Morgan fingerprint density at radius 1 is 0.867 bits per heavy atom. The molecule has 0 aliphatic rings. The molecule has 166 valence electrons. The SMILES string of the molecule is CC(C)[Si](O[C@H](C)CC(=O)[C@H](C)[C@@H](O)c1cccc2ccccc12)(C(C)C)C(C)C. The summed E-state index contributed by atoms with van der Waals surface area (Å²) in [6.07, 6.45) is -0.624. The van der Waals surface area contributed by atoms with Crippen molar-refractivity contribution >= 4 is 24.9 Å². The van der Waals surface area contributed by atoms with Gasteiger partial charge >= 0.3 is 0 Å². The Bertz CT molecular complexity index is 816. The Hall–Kier alpha value is -1.49. The normalized spacial score (nSPS) is 15.7. The van der Waals surface area contributed by atoms with E-state index in [0.29, 0.717) is 23.0 Å². The smallest absolute Gasteiger partial charge is 0.200 e. The lowest BCUT2D eigenvalue weighted by molar-refractivity contribution is -0.127. The van der Waals surface area contributed by atoms with Crippen molar-refractivity contribution in [3.63, 3.8) is 0 Å². The first-order chi connectivity index (χ1) is 14.0. The number of fused-ring (bicyclic) bond motifs is 1. The number of hydrogen-bond donors (Lipinski definition) is 1. The van der Waals surface area contributed by atoms with Crippen molar-refractivity contribution in [2.24, 2.45) is 5.92 Å². The van der Waals surface area contributed by atoms with Crippen LogP contribution in [0.15, 0.2) is 42.5 Å². The van der Waals surface area contributed by atoms with Gasteiger partial charge in [0.25, 0.3) is 0 Å². The second-order valence-corrected chi connectivity index (χ2v) is 15.1. The highest BCUT2D eigenvalue weighted by Gasteiger charge is 2.46. The third-order valence-corrected chi connectivity index (χ3v) is 12.9. The standard InChI is InChI=1S/C26H40O3Si/c1-17(2)30(18(3)4,19(5)6)29-20(7)16-25(27)21(8)26(28)24-15-11-13-22-12-9-10-14-23(22)24/h9-15,17-21,26,28H,16H2,1-8H3/t20-,21+,26-/m1/s1. The summed E-state index contributed by atoms with van der Waals surface area (Å²) in [4.78, 5) is 13.1. The van der Waals surface area contributed by atoms with E-state index in [0.717, 1.165) is 16.3 Å². The van der Waals surface area contributed by atoms with Crippen molar-refractivity contribution in [1.82, 2.24) is 0 Å². The van der Waals surface area contributed by atoms with Gasteiger partial charge in [-0.3, -0.25) is 4.79 Å². The molecule has 0 bridgehead atoms. The number of hydrogen-bond acceptors (Lipinski definition) is 3. The number of carbonyl (C=O) groups excluding carboxylic acids is 1. The van der Waals surface area contributed by atoms with Crippen molar-refractivity contribution in [3.8, 4) is 0 Å². The van der Waals surface area contributed by atoms with Gasteiger partial charge in [0.2, 0.25) is 8.32 Å². The molecule has 0 spiro atoms. The van der Waals surface area contributed by atoms with Gasteiger partial charge in [0.15, 0.2) is 0 Å². The van der Waals surface area contributed by atoms with E-state index in [9.17, 15) is 9.90 Å². The van der Waals surface area contributed by atoms with Gasteiger partial charge in [-0.25, -0.2) is 0 Å². The van der Waals surface area contributed by atoms with E-state index in [2.05, 4.69) is 41.5 Å². The first-order valence-corrected chi connectivity index (χ1v) is 13.5. The molecular formula is C26H40O3Si. The summed E-state index contributed by atoms with van der Waals surface area (Å²) in [7, 11) is -2.03. The van der Waals surface area contributed by atoms with Crippen LogP contribution in [0.4, 0.5) is 0 Å². The van der Waals surface area contributed by atoms with Crippen LogP contribution in [0.5, 0.6) is 0 Å². The fourth-order valence-corrected chi connectivity index (χ4v) is 10.8. The van der Waals surface area contributed by atoms with Crippen LogP contribution < -0.4 is 0 Å². The zero-order chi connectivity index (χ0) is 22.6. The van der Waals surface area contributed by atoms with Crippen LogP contribution in [-0.2, 0) is 9.22 Å². The molecule has 0 aromatic heterocycles. The summed E-state index contributed by atoms with van der Waals surface area (Å²) in [6, 6.07) is 13.9. The molecule has 3 nitrogen and oxygen atoms in total. The summed E-state index contributed by atoms with van der Waals surface area (Å²) in [6.45, 7) is 17.4. The molecule has 0 aliphatic carbocycles. The van der Waals surface area contributed by atoms with Crippen LogP contribution in [0.1, 0.15) is 73.5 Å². The Kier molecular flexibility index (Phi) is 8.43. The largest absolute Gasteiger partial charge is 0.413 e. The molecular weight excluding hydrogens is 388 g/mol. The van der Waals surface area contributed by atoms with Crippen LogP contribution in [0.25, 0.3) is 10.8 Å². The van der Waals surface area contributed by atoms with E-state index in [-0.39, 0.29) is 11.9 Å². The van der Waals surface area contributed by atoms with E-state index in [1.54, 1.807) is 0 Å². The molecule has 2 aromatic rings. The number of Topliss-reactive ketones (excluding diaryl/α,β-unsaturated/α-hetero) is 1. The van der Waals surface area contributed by atoms with Crippen molar-refractivity contribution in [1.29, 1.82) is 0 Å². The highest BCUT2D eigenvalue weighted by Crippen LogP contribution is 2.43. The van der Waals surface area contributed by atoms with Gasteiger partial charge in [0.1, 0.15) is 5.78 Å². The zero-order valence-corrected chi connectivity index (χ0v) is 21.0. The number of aliphatic hydroxyl groups excluding tert-OH is 1. The monoisotopic (exact) mass is 428 g/mol. The second kappa shape index (κ2) is 10.2. The number of aliphatic hydroxyl groups is 1. The molecule has 4 heteroatoms. The number of rotatable bonds is 10. The third kappa shape index (κ3) is 5.04. The van der Waals surface area contributed by atoms with E-state index < -0.39 is 20.3 Å². The Morgan fingerprint density at radius 3 is 1.97 bits per heavy atom. The van der Waals surface area contributed by atoms with Gasteiger partial charge < -0.3 is 9.53 Å². The number of ketones is 1. The predicted molar refractivity (Wildman–Crippen MR) is 129 cm³/mol. The van der Waals surface area contributed by atoms with E-state index in [4.69, 9.17) is 4.43 Å². The quantitative estimate of drug-likeness (QED) is 0.412. The maximum Gasteiger partial charge on any atom is 0.200 e. The molecule has 0 fully saturated rings. The summed E-state index contributed by atoms with van der Waals surface area (Å²) in [5, 5.41) is 13.1. The molecule has 0 amide bonds. The van der Waals surface area contributed by atoms with E-state index in [1.807, 2.05) is 56.3 Å². The maximum absolute atomic E-state index is 13.1. The van der Waals surface area contributed by atoms with Crippen LogP contribution in [0.3, 0.4) is 0 Å². The average Bonchev–Trinajstić information content (AvgIpc) is 2.69. The molecule has 0 unspecified atom stereocenters. The highest BCUT2D eigenvalue weighted by atomic mass is 28.4. The van der Waals surface area contributed by atoms with Crippen molar-refractivity contribution in [2.45, 2.75) is 90.6 Å². The van der Waals surface area contributed by atoms with Crippen LogP contribution in [0.2, 0.25) is 16.6 Å².